The number of nitrogens with zero attached hydrogens (tertiary/aromatic N) is 1. The Kier molecular flexibility index (Phi) is 6.73. The third-order valence-corrected chi connectivity index (χ3v) is 5.02. The minimum absolute atomic E-state index is 0.148. The minimum atomic E-state index is -1.35. The largest absolute Gasteiger partial charge is 0.455 e. The monoisotopic (exact) mass is 351 g/mol. The van der Waals surface area contributed by atoms with Gasteiger partial charge in [0.15, 0.2) is 5.76 Å². The molecule has 130 valence electrons. The first-order valence-electron chi connectivity index (χ1n) is 8.07. The average molecular weight is 351 g/mol. The molecule has 0 fully saturated rings. The maximum Gasteiger partial charge on any atom is 0.289 e. The highest BCUT2D eigenvalue weighted by atomic mass is 32.2. The van der Waals surface area contributed by atoms with Crippen LogP contribution in [-0.2, 0) is 16.6 Å². The highest BCUT2D eigenvalue weighted by Gasteiger charge is 2.18. The molecule has 0 aliphatic heterocycles. The van der Waals surface area contributed by atoms with Crippen LogP contribution in [0.25, 0.3) is 0 Å². The molecule has 0 saturated carbocycles. The lowest BCUT2D eigenvalue weighted by atomic mass is 10.3. The summed E-state index contributed by atoms with van der Waals surface area (Å²) >= 11 is 0. The second-order valence-corrected chi connectivity index (χ2v) is 6.90. The van der Waals surface area contributed by atoms with Crippen molar-refractivity contribution in [1.82, 2.24) is 4.90 Å². The minimum Gasteiger partial charge on any atom is -0.455 e. The van der Waals surface area contributed by atoms with Crippen LogP contribution >= 0.6 is 0 Å². The normalized spacial score (nSPS) is 12.1. The fourth-order valence-corrected chi connectivity index (χ4v) is 3.30. The molecule has 6 heteroatoms. The van der Waals surface area contributed by atoms with Crippen molar-refractivity contribution in [3.8, 4) is 0 Å². The Balaban J connectivity index is 2.03. The molecular formula is C18H22FNO3S. The van der Waals surface area contributed by atoms with Crippen molar-refractivity contribution >= 4 is 16.7 Å². The van der Waals surface area contributed by atoms with Crippen LogP contribution < -0.4 is 0 Å². The van der Waals surface area contributed by atoms with Crippen LogP contribution in [0.4, 0.5) is 4.39 Å². The summed E-state index contributed by atoms with van der Waals surface area (Å²) in [5.41, 5.74) is 0. The molecule has 4 nitrogen and oxygen atoms in total. The molecule has 0 aliphatic carbocycles. The Hall–Kier alpha value is -1.95. The van der Waals surface area contributed by atoms with Crippen LogP contribution in [0.2, 0.25) is 0 Å². The van der Waals surface area contributed by atoms with Crippen molar-refractivity contribution < 1.29 is 17.8 Å². The van der Waals surface area contributed by atoms with Crippen LogP contribution in [0, 0.1) is 5.82 Å². The standard InChI is InChI=1S/C18H22FNO3S/c1-3-5-12-20(4-2)18(21)17-11-8-15(23-17)13-24(22)16-9-6-14(19)7-10-16/h6-11H,3-5,12-13H2,1-2H3. The molecule has 0 spiro atoms. The van der Waals surface area contributed by atoms with E-state index >= 15 is 0 Å². The van der Waals surface area contributed by atoms with E-state index in [2.05, 4.69) is 6.92 Å². The van der Waals surface area contributed by atoms with Crippen LogP contribution in [0.3, 0.4) is 0 Å². The number of furan rings is 1. The highest BCUT2D eigenvalue weighted by Crippen LogP contribution is 2.17. The molecule has 2 aromatic rings. The van der Waals surface area contributed by atoms with Gasteiger partial charge in [-0.2, -0.15) is 0 Å². The van der Waals surface area contributed by atoms with E-state index in [-0.39, 0.29) is 23.2 Å². The number of carbonyl (C=O) groups excluding carboxylic acids is 1. The zero-order valence-corrected chi connectivity index (χ0v) is 14.8. The van der Waals surface area contributed by atoms with E-state index in [0.717, 1.165) is 12.8 Å². The van der Waals surface area contributed by atoms with Gasteiger partial charge < -0.3 is 9.32 Å². The number of rotatable bonds is 8. The van der Waals surface area contributed by atoms with Gasteiger partial charge in [0, 0.05) is 18.0 Å². The summed E-state index contributed by atoms with van der Waals surface area (Å²) < 4.78 is 30.7. The molecule has 1 aromatic carbocycles. The number of amides is 1. The predicted octanol–water partition coefficient (Wildman–Crippen LogP) is 3.99. The van der Waals surface area contributed by atoms with Crippen LogP contribution in [0.15, 0.2) is 45.7 Å². The molecule has 0 saturated heterocycles. The van der Waals surface area contributed by atoms with Crippen LogP contribution in [0.5, 0.6) is 0 Å². The summed E-state index contributed by atoms with van der Waals surface area (Å²) in [6.07, 6.45) is 1.96. The number of hydrogen-bond donors (Lipinski definition) is 0. The van der Waals surface area contributed by atoms with Gasteiger partial charge in [0.1, 0.15) is 11.6 Å². The van der Waals surface area contributed by atoms with Crippen molar-refractivity contribution in [2.45, 2.75) is 37.3 Å². The summed E-state index contributed by atoms with van der Waals surface area (Å²) in [4.78, 5) is 14.7. The fourth-order valence-electron chi connectivity index (χ4n) is 2.28. The third-order valence-electron chi connectivity index (χ3n) is 3.67. The second kappa shape index (κ2) is 8.78. The third kappa shape index (κ3) is 4.77. The van der Waals surface area contributed by atoms with Gasteiger partial charge in [-0.25, -0.2) is 4.39 Å². The molecule has 2 rings (SSSR count). The van der Waals surface area contributed by atoms with Gasteiger partial charge in [0.05, 0.1) is 16.6 Å². The Morgan fingerprint density at radius 1 is 1.17 bits per heavy atom. The van der Waals surface area contributed by atoms with Gasteiger partial charge in [0.2, 0.25) is 0 Å². The van der Waals surface area contributed by atoms with Gasteiger partial charge in [-0.15, -0.1) is 0 Å². The number of benzene rings is 1. The van der Waals surface area contributed by atoms with Crippen molar-refractivity contribution in [3.05, 3.63) is 53.7 Å². The lowest BCUT2D eigenvalue weighted by Gasteiger charge is -2.19. The molecule has 1 amide bonds. The fraction of sp³-hybridized carbons (Fsp3) is 0.389. The highest BCUT2D eigenvalue weighted by molar-refractivity contribution is 7.84. The molecule has 1 heterocycles. The topological polar surface area (TPSA) is 50.5 Å². The average Bonchev–Trinajstić information content (AvgIpc) is 3.04. The van der Waals surface area contributed by atoms with Gasteiger partial charge >= 0.3 is 0 Å². The van der Waals surface area contributed by atoms with Gasteiger partial charge in [-0.3, -0.25) is 9.00 Å². The van der Waals surface area contributed by atoms with E-state index in [1.165, 1.54) is 24.3 Å². The van der Waals surface area contributed by atoms with E-state index in [4.69, 9.17) is 4.42 Å². The second-order valence-electron chi connectivity index (χ2n) is 5.45. The molecule has 0 N–H and O–H groups in total. The molecule has 24 heavy (non-hydrogen) atoms. The van der Waals surface area contributed by atoms with Crippen LogP contribution in [0.1, 0.15) is 43.0 Å². The van der Waals surface area contributed by atoms with Crippen molar-refractivity contribution in [2.24, 2.45) is 0 Å². The van der Waals surface area contributed by atoms with Crippen LogP contribution in [-0.4, -0.2) is 28.1 Å². The zero-order valence-electron chi connectivity index (χ0n) is 14.0. The molecular weight excluding hydrogens is 329 g/mol. The van der Waals surface area contributed by atoms with Crippen molar-refractivity contribution in [3.63, 3.8) is 0 Å². The molecule has 0 bridgehead atoms. The number of unbranched alkanes of at least 4 members (excludes halogenated alkanes) is 1. The molecule has 0 aliphatic rings. The maximum absolute atomic E-state index is 12.9. The van der Waals surface area contributed by atoms with Crippen molar-refractivity contribution in [1.29, 1.82) is 0 Å². The number of carbonyl (C=O) groups is 1. The lowest BCUT2D eigenvalue weighted by Crippen LogP contribution is -2.31. The maximum atomic E-state index is 12.9. The quantitative estimate of drug-likeness (QED) is 0.722. The van der Waals surface area contributed by atoms with E-state index in [1.54, 1.807) is 17.0 Å². The lowest BCUT2D eigenvalue weighted by molar-refractivity contribution is 0.0729. The Labute approximate surface area is 144 Å². The van der Waals surface area contributed by atoms with Gasteiger partial charge in [0.25, 0.3) is 5.91 Å². The zero-order chi connectivity index (χ0) is 17.5. The number of halogens is 1. The summed E-state index contributed by atoms with van der Waals surface area (Å²) in [6, 6.07) is 8.82. The van der Waals surface area contributed by atoms with E-state index < -0.39 is 10.8 Å². The molecule has 1 unspecified atom stereocenters. The van der Waals surface area contributed by atoms with E-state index in [0.29, 0.717) is 23.7 Å². The predicted molar refractivity (Wildman–Crippen MR) is 91.7 cm³/mol. The summed E-state index contributed by atoms with van der Waals surface area (Å²) in [7, 11) is -1.35. The molecule has 1 atom stereocenters. The first-order valence-corrected chi connectivity index (χ1v) is 9.39. The first kappa shape index (κ1) is 18.4. The van der Waals surface area contributed by atoms with Crippen molar-refractivity contribution in [2.75, 3.05) is 13.1 Å². The van der Waals surface area contributed by atoms with E-state index in [9.17, 15) is 13.4 Å². The Morgan fingerprint density at radius 2 is 1.88 bits per heavy atom. The summed E-state index contributed by atoms with van der Waals surface area (Å²) in [5.74, 6) is 0.379. The summed E-state index contributed by atoms with van der Waals surface area (Å²) in [6.45, 7) is 5.33. The molecule has 1 aromatic heterocycles. The van der Waals surface area contributed by atoms with E-state index in [1.807, 2.05) is 6.92 Å². The smallest absolute Gasteiger partial charge is 0.289 e. The Bertz CT molecular complexity index is 697. The van der Waals surface area contributed by atoms with Gasteiger partial charge in [-0.05, 0) is 49.7 Å². The molecule has 0 radical (unpaired) electrons. The van der Waals surface area contributed by atoms with Gasteiger partial charge in [-0.1, -0.05) is 13.3 Å². The SMILES string of the molecule is CCCCN(CC)C(=O)c1ccc(CS(=O)c2ccc(F)cc2)o1. The first-order chi connectivity index (χ1) is 11.5. The number of hydrogen-bond acceptors (Lipinski definition) is 3. The Morgan fingerprint density at radius 3 is 2.50 bits per heavy atom. The summed E-state index contributed by atoms with van der Waals surface area (Å²) in [5, 5.41) is 0.